The largest absolute Gasteiger partial charge is 0.493 e. The van der Waals surface area contributed by atoms with Gasteiger partial charge in [-0.05, 0) is 44.2 Å². The Morgan fingerprint density at radius 3 is 2.40 bits per heavy atom. The van der Waals surface area contributed by atoms with E-state index in [4.69, 9.17) is 4.74 Å². The number of likely N-dealkylation sites (N-methyl/N-ethyl adjacent to an activating group) is 2. The summed E-state index contributed by atoms with van der Waals surface area (Å²) >= 11 is 0. The molecule has 0 atom stereocenters. The second-order valence-electron chi connectivity index (χ2n) is 4.84. The maximum atomic E-state index is 11.8. The highest BCUT2D eigenvalue weighted by Crippen LogP contribution is 2.16. The van der Waals surface area contributed by atoms with Crippen molar-refractivity contribution in [1.82, 2.24) is 10.2 Å². The quantitative estimate of drug-likeness (QED) is 0.839. The Bertz CT molecular complexity index is 404. The Morgan fingerprint density at radius 2 is 1.85 bits per heavy atom. The van der Waals surface area contributed by atoms with Crippen molar-refractivity contribution in [3.05, 3.63) is 29.3 Å². The zero-order valence-electron chi connectivity index (χ0n) is 12.7. The van der Waals surface area contributed by atoms with Gasteiger partial charge in [0.25, 0.3) is 0 Å². The van der Waals surface area contributed by atoms with Gasteiger partial charge in [-0.2, -0.15) is 0 Å². The molecule has 0 radical (unpaired) electrons. The van der Waals surface area contributed by atoms with Crippen molar-refractivity contribution in [1.29, 1.82) is 0 Å². The number of aryl methyl sites for hydroxylation is 2. The number of hydrogen-bond acceptors (Lipinski definition) is 3. The predicted molar refractivity (Wildman–Crippen MR) is 84.8 cm³/mol. The molecule has 1 rings (SSSR count). The van der Waals surface area contributed by atoms with Crippen LogP contribution in [0, 0.1) is 13.8 Å². The van der Waals surface area contributed by atoms with E-state index >= 15 is 0 Å². The van der Waals surface area contributed by atoms with E-state index in [2.05, 4.69) is 11.4 Å². The minimum atomic E-state index is 0. The summed E-state index contributed by atoms with van der Waals surface area (Å²) in [7, 11) is 3.69. The molecule has 0 spiro atoms. The molecule has 1 amide bonds. The predicted octanol–water partition coefficient (Wildman–Crippen LogP) is 2.17. The van der Waals surface area contributed by atoms with Crippen LogP contribution in [0.5, 0.6) is 5.75 Å². The lowest BCUT2D eigenvalue weighted by atomic mass is 10.1. The molecule has 0 saturated heterocycles. The minimum absolute atomic E-state index is 0. The van der Waals surface area contributed by atoms with Crippen LogP contribution in [-0.2, 0) is 4.79 Å². The molecule has 0 bridgehead atoms. The fraction of sp³-hybridized carbons (Fsp3) is 0.533. The van der Waals surface area contributed by atoms with Crippen molar-refractivity contribution in [3.63, 3.8) is 0 Å². The van der Waals surface area contributed by atoms with Gasteiger partial charge in [0.05, 0.1) is 13.0 Å². The first-order valence-corrected chi connectivity index (χ1v) is 6.62. The van der Waals surface area contributed by atoms with E-state index in [0.717, 1.165) is 18.8 Å². The molecule has 5 heteroatoms. The van der Waals surface area contributed by atoms with Crippen molar-refractivity contribution in [2.45, 2.75) is 20.3 Å². The lowest BCUT2D eigenvalue weighted by Crippen LogP contribution is -2.33. The molecule has 0 unspecified atom stereocenters. The second-order valence-corrected chi connectivity index (χ2v) is 4.84. The standard InChI is InChI=1S/C15H24N2O2.ClH/c1-12-9-13(2)11-14(10-12)19-8-5-15(18)17(4)7-6-16-3;/h9-11,16H,5-8H2,1-4H3;1H. The number of benzene rings is 1. The molecule has 0 fully saturated rings. The summed E-state index contributed by atoms with van der Waals surface area (Å²) < 4.78 is 5.63. The molecule has 1 N–H and O–H groups in total. The lowest BCUT2D eigenvalue weighted by Gasteiger charge is -2.17. The van der Waals surface area contributed by atoms with Crippen LogP contribution in [-0.4, -0.2) is 44.6 Å². The monoisotopic (exact) mass is 300 g/mol. The van der Waals surface area contributed by atoms with Crippen LogP contribution in [0.1, 0.15) is 17.5 Å². The van der Waals surface area contributed by atoms with Crippen LogP contribution in [0.3, 0.4) is 0 Å². The summed E-state index contributed by atoms with van der Waals surface area (Å²) in [6.07, 6.45) is 0.410. The first-order chi connectivity index (χ1) is 9.02. The molecule has 1 aromatic rings. The van der Waals surface area contributed by atoms with Gasteiger partial charge in [-0.25, -0.2) is 0 Å². The Hall–Kier alpha value is -1.26. The maximum absolute atomic E-state index is 11.8. The fourth-order valence-electron chi connectivity index (χ4n) is 1.87. The van der Waals surface area contributed by atoms with Crippen molar-refractivity contribution in [2.24, 2.45) is 0 Å². The summed E-state index contributed by atoms with van der Waals surface area (Å²) in [6, 6.07) is 6.08. The number of nitrogens with one attached hydrogen (secondary N) is 1. The van der Waals surface area contributed by atoms with Gasteiger partial charge in [-0.1, -0.05) is 6.07 Å². The number of rotatable bonds is 7. The average molecular weight is 301 g/mol. The lowest BCUT2D eigenvalue weighted by molar-refractivity contribution is -0.130. The number of halogens is 1. The van der Waals surface area contributed by atoms with E-state index < -0.39 is 0 Å². The number of nitrogens with zero attached hydrogens (tertiary/aromatic N) is 1. The van der Waals surface area contributed by atoms with E-state index in [1.54, 1.807) is 4.90 Å². The first-order valence-electron chi connectivity index (χ1n) is 6.62. The van der Waals surface area contributed by atoms with E-state index in [1.165, 1.54) is 11.1 Å². The Morgan fingerprint density at radius 1 is 1.25 bits per heavy atom. The van der Waals surface area contributed by atoms with Crippen LogP contribution in [0.15, 0.2) is 18.2 Å². The topological polar surface area (TPSA) is 41.6 Å². The average Bonchev–Trinajstić information content (AvgIpc) is 2.34. The molecule has 114 valence electrons. The third kappa shape index (κ3) is 6.78. The summed E-state index contributed by atoms with van der Waals surface area (Å²) in [5.41, 5.74) is 2.35. The van der Waals surface area contributed by atoms with Gasteiger partial charge in [-0.15, -0.1) is 12.4 Å². The SMILES string of the molecule is CNCCN(C)C(=O)CCOc1cc(C)cc(C)c1.Cl. The normalized spacial score (nSPS) is 9.80. The van der Waals surface area contributed by atoms with E-state index in [0.29, 0.717) is 13.0 Å². The number of ether oxygens (including phenoxy) is 1. The molecule has 0 aliphatic heterocycles. The minimum Gasteiger partial charge on any atom is -0.493 e. The molecule has 0 heterocycles. The van der Waals surface area contributed by atoms with Gasteiger partial charge in [-0.3, -0.25) is 4.79 Å². The van der Waals surface area contributed by atoms with Crippen LogP contribution >= 0.6 is 12.4 Å². The van der Waals surface area contributed by atoms with Crippen LogP contribution in [0.2, 0.25) is 0 Å². The van der Waals surface area contributed by atoms with Gasteiger partial charge in [0, 0.05) is 20.1 Å². The smallest absolute Gasteiger partial charge is 0.225 e. The van der Waals surface area contributed by atoms with Gasteiger partial charge < -0.3 is 15.0 Å². The molecule has 0 saturated carbocycles. The molecule has 1 aromatic carbocycles. The molecule has 20 heavy (non-hydrogen) atoms. The van der Waals surface area contributed by atoms with Crippen molar-refractivity contribution in [3.8, 4) is 5.75 Å². The van der Waals surface area contributed by atoms with E-state index in [-0.39, 0.29) is 18.3 Å². The molecular formula is C15H25ClN2O2. The molecule has 4 nitrogen and oxygen atoms in total. The van der Waals surface area contributed by atoms with Crippen LogP contribution < -0.4 is 10.1 Å². The first kappa shape index (κ1) is 18.7. The highest BCUT2D eigenvalue weighted by Gasteiger charge is 2.08. The highest BCUT2D eigenvalue weighted by atomic mass is 35.5. The second kappa shape index (κ2) is 9.61. The molecule has 0 aliphatic rings. The van der Waals surface area contributed by atoms with E-state index in [9.17, 15) is 4.79 Å². The summed E-state index contributed by atoms with van der Waals surface area (Å²) in [6.45, 7) is 6.03. The summed E-state index contributed by atoms with van der Waals surface area (Å²) in [5.74, 6) is 0.947. The fourth-order valence-corrected chi connectivity index (χ4v) is 1.87. The zero-order valence-corrected chi connectivity index (χ0v) is 13.5. The third-order valence-electron chi connectivity index (χ3n) is 2.90. The zero-order chi connectivity index (χ0) is 14.3. The van der Waals surface area contributed by atoms with Crippen LogP contribution in [0.25, 0.3) is 0 Å². The van der Waals surface area contributed by atoms with Crippen molar-refractivity contribution >= 4 is 18.3 Å². The molecule has 0 aliphatic carbocycles. The number of hydrogen-bond donors (Lipinski definition) is 1. The van der Waals surface area contributed by atoms with E-state index in [1.807, 2.05) is 40.1 Å². The highest BCUT2D eigenvalue weighted by molar-refractivity contribution is 5.85. The summed E-state index contributed by atoms with van der Waals surface area (Å²) in [5, 5.41) is 3.02. The Balaban J connectivity index is 0.00000361. The van der Waals surface area contributed by atoms with Crippen molar-refractivity contribution in [2.75, 3.05) is 33.8 Å². The Kier molecular flexibility index (Phi) is 9.01. The summed E-state index contributed by atoms with van der Waals surface area (Å²) in [4.78, 5) is 13.5. The molecule has 0 aromatic heterocycles. The van der Waals surface area contributed by atoms with Gasteiger partial charge in [0.15, 0.2) is 0 Å². The Labute approximate surface area is 127 Å². The van der Waals surface area contributed by atoms with Crippen LogP contribution in [0.4, 0.5) is 0 Å². The number of carbonyl (C=O) groups is 1. The molecular weight excluding hydrogens is 276 g/mol. The van der Waals surface area contributed by atoms with Crippen molar-refractivity contribution < 1.29 is 9.53 Å². The van der Waals surface area contributed by atoms with Gasteiger partial charge >= 0.3 is 0 Å². The number of amides is 1. The number of carbonyl (C=O) groups excluding carboxylic acids is 1. The maximum Gasteiger partial charge on any atom is 0.225 e. The third-order valence-corrected chi connectivity index (χ3v) is 2.90. The van der Waals surface area contributed by atoms with Gasteiger partial charge in [0.2, 0.25) is 5.91 Å². The van der Waals surface area contributed by atoms with Gasteiger partial charge in [0.1, 0.15) is 5.75 Å².